The van der Waals surface area contributed by atoms with Crippen LogP contribution < -0.4 is 5.32 Å². The van der Waals surface area contributed by atoms with E-state index in [1.54, 1.807) is 6.20 Å². The summed E-state index contributed by atoms with van der Waals surface area (Å²) in [6.45, 7) is 7.77. The van der Waals surface area contributed by atoms with Crippen molar-refractivity contribution in [1.82, 2.24) is 20.2 Å². The highest BCUT2D eigenvalue weighted by Crippen LogP contribution is 2.28. The molecule has 0 unspecified atom stereocenters. The summed E-state index contributed by atoms with van der Waals surface area (Å²) in [7, 11) is 0. The zero-order valence-electron chi connectivity index (χ0n) is 13.2. The van der Waals surface area contributed by atoms with E-state index in [0.29, 0.717) is 28.4 Å². The maximum atomic E-state index is 12.8. The number of aromatic nitrogens is 2. The number of rotatable bonds is 2. The van der Waals surface area contributed by atoms with Crippen LogP contribution in [0.25, 0.3) is 0 Å². The Morgan fingerprint density at radius 2 is 1.95 bits per heavy atom. The predicted octanol–water partition coefficient (Wildman–Crippen LogP) is 2.33. The maximum Gasteiger partial charge on any atom is 0.274 e. The Morgan fingerprint density at radius 3 is 2.55 bits per heavy atom. The lowest BCUT2D eigenvalue weighted by Gasteiger charge is -2.21. The average molecular weight is 323 g/mol. The average Bonchev–Trinajstić information content (AvgIpc) is 2.85. The van der Waals surface area contributed by atoms with Gasteiger partial charge in [-0.15, -0.1) is 0 Å². The molecule has 2 fully saturated rings. The van der Waals surface area contributed by atoms with E-state index in [0.717, 1.165) is 39.0 Å². The summed E-state index contributed by atoms with van der Waals surface area (Å²) in [6.07, 6.45) is 3.67. The Balaban J connectivity index is 1.77. The Labute approximate surface area is 136 Å². The largest absolute Gasteiger partial charge is 0.337 e. The van der Waals surface area contributed by atoms with Gasteiger partial charge in [0.1, 0.15) is 5.82 Å². The molecule has 2 aliphatic heterocycles. The van der Waals surface area contributed by atoms with Crippen molar-refractivity contribution in [2.45, 2.75) is 32.6 Å². The summed E-state index contributed by atoms with van der Waals surface area (Å²) in [4.78, 5) is 23.3. The van der Waals surface area contributed by atoms with Gasteiger partial charge in [-0.3, -0.25) is 4.79 Å². The van der Waals surface area contributed by atoms with E-state index in [1.807, 2.05) is 18.7 Å². The number of nitrogens with one attached hydrogen (secondary N) is 1. The van der Waals surface area contributed by atoms with Gasteiger partial charge in [0.2, 0.25) is 0 Å². The Kier molecular flexibility index (Phi) is 4.64. The predicted molar refractivity (Wildman–Crippen MR) is 86.1 cm³/mol. The molecule has 2 saturated heterocycles. The summed E-state index contributed by atoms with van der Waals surface area (Å²) >= 11 is 6.17. The van der Waals surface area contributed by atoms with Crippen molar-refractivity contribution in [2.75, 3.05) is 26.2 Å². The molecule has 22 heavy (non-hydrogen) atoms. The van der Waals surface area contributed by atoms with Crippen LogP contribution in [-0.4, -0.2) is 47.0 Å². The maximum absolute atomic E-state index is 12.8. The summed E-state index contributed by atoms with van der Waals surface area (Å²) in [5, 5.41) is 3.80. The summed E-state index contributed by atoms with van der Waals surface area (Å²) in [5.41, 5.74) is 0.352. The van der Waals surface area contributed by atoms with Crippen LogP contribution in [0.3, 0.4) is 0 Å². The number of likely N-dealkylation sites (tertiary alicyclic amines) is 1. The van der Waals surface area contributed by atoms with Crippen molar-refractivity contribution in [2.24, 2.45) is 11.8 Å². The van der Waals surface area contributed by atoms with Crippen molar-refractivity contribution in [3.8, 4) is 0 Å². The monoisotopic (exact) mass is 322 g/mol. The van der Waals surface area contributed by atoms with Crippen LogP contribution in [0.1, 0.15) is 48.9 Å². The van der Waals surface area contributed by atoms with Gasteiger partial charge in [0.15, 0.2) is 5.69 Å². The lowest BCUT2D eigenvalue weighted by Crippen LogP contribution is -2.33. The van der Waals surface area contributed by atoms with Gasteiger partial charge in [0.05, 0.1) is 11.2 Å². The second-order valence-corrected chi connectivity index (χ2v) is 7.03. The SMILES string of the molecule is CC(C)c1ncc(Cl)c(C(=O)N2CC[C@@H]3CNC[C@@H]3CC2)n1. The second kappa shape index (κ2) is 6.50. The van der Waals surface area contributed by atoms with Crippen LogP contribution in [0.4, 0.5) is 0 Å². The first-order valence-corrected chi connectivity index (χ1v) is 8.46. The molecule has 2 aliphatic rings. The molecule has 1 aromatic rings. The number of amides is 1. The molecule has 2 atom stereocenters. The molecule has 3 rings (SSSR count). The van der Waals surface area contributed by atoms with Gasteiger partial charge in [-0.25, -0.2) is 9.97 Å². The van der Waals surface area contributed by atoms with E-state index in [9.17, 15) is 4.79 Å². The molecule has 5 nitrogen and oxygen atoms in total. The molecule has 0 aromatic carbocycles. The third-order valence-corrected chi connectivity index (χ3v) is 5.06. The van der Waals surface area contributed by atoms with Crippen molar-refractivity contribution in [3.05, 3.63) is 22.7 Å². The minimum atomic E-state index is -0.0535. The molecule has 0 radical (unpaired) electrons. The third kappa shape index (κ3) is 3.10. The summed E-state index contributed by atoms with van der Waals surface area (Å²) < 4.78 is 0. The minimum absolute atomic E-state index is 0.0535. The van der Waals surface area contributed by atoms with Crippen LogP contribution in [0.2, 0.25) is 5.02 Å². The number of carbonyl (C=O) groups excluding carboxylic acids is 1. The zero-order valence-corrected chi connectivity index (χ0v) is 13.9. The topological polar surface area (TPSA) is 58.1 Å². The summed E-state index contributed by atoms with van der Waals surface area (Å²) in [6, 6.07) is 0. The minimum Gasteiger partial charge on any atom is -0.337 e. The lowest BCUT2D eigenvalue weighted by molar-refractivity contribution is 0.0752. The number of hydrogen-bond donors (Lipinski definition) is 1. The first-order valence-electron chi connectivity index (χ1n) is 8.08. The van der Waals surface area contributed by atoms with E-state index >= 15 is 0 Å². The fourth-order valence-corrected chi connectivity index (χ4v) is 3.55. The lowest BCUT2D eigenvalue weighted by atomic mass is 9.92. The van der Waals surface area contributed by atoms with Crippen LogP contribution >= 0.6 is 11.6 Å². The van der Waals surface area contributed by atoms with Crippen LogP contribution in [0.15, 0.2) is 6.20 Å². The zero-order chi connectivity index (χ0) is 15.7. The van der Waals surface area contributed by atoms with Gasteiger partial charge >= 0.3 is 0 Å². The fraction of sp³-hybridized carbons (Fsp3) is 0.688. The highest BCUT2D eigenvalue weighted by molar-refractivity contribution is 6.33. The van der Waals surface area contributed by atoms with Crippen molar-refractivity contribution in [1.29, 1.82) is 0 Å². The molecule has 1 aromatic heterocycles. The first kappa shape index (κ1) is 15.7. The van der Waals surface area contributed by atoms with Crippen molar-refractivity contribution >= 4 is 17.5 Å². The quantitative estimate of drug-likeness (QED) is 0.908. The molecule has 0 spiro atoms. The molecule has 1 amide bonds. The molecule has 0 saturated carbocycles. The normalized spacial score (nSPS) is 25.2. The van der Waals surface area contributed by atoms with Crippen molar-refractivity contribution < 1.29 is 4.79 Å². The van der Waals surface area contributed by atoms with E-state index in [4.69, 9.17) is 11.6 Å². The van der Waals surface area contributed by atoms with Gasteiger partial charge in [0.25, 0.3) is 5.91 Å². The number of hydrogen-bond acceptors (Lipinski definition) is 4. The molecule has 6 heteroatoms. The Hall–Kier alpha value is -1.20. The van der Waals surface area contributed by atoms with Gasteiger partial charge in [0, 0.05) is 19.0 Å². The van der Waals surface area contributed by atoms with Crippen LogP contribution in [-0.2, 0) is 0 Å². The van der Waals surface area contributed by atoms with Crippen LogP contribution in [0.5, 0.6) is 0 Å². The van der Waals surface area contributed by atoms with Gasteiger partial charge in [-0.2, -0.15) is 0 Å². The van der Waals surface area contributed by atoms with Crippen LogP contribution in [0, 0.1) is 11.8 Å². The number of fused-ring (bicyclic) bond motifs is 1. The fourth-order valence-electron chi connectivity index (χ4n) is 3.38. The van der Waals surface area contributed by atoms with E-state index in [-0.39, 0.29) is 11.8 Å². The smallest absolute Gasteiger partial charge is 0.274 e. The highest BCUT2D eigenvalue weighted by atomic mass is 35.5. The van der Waals surface area contributed by atoms with Gasteiger partial charge < -0.3 is 10.2 Å². The van der Waals surface area contributed by atoms with Gasteiger partial charge in [-0.1, -0.05) is 25.4 Å². The van der Waals surface area contributed by atoms with Crippen molar-refractivity contribution in [3.63, 3.8) is 0 Å². The molecular formula is C16H23ClN4O. The van der Waals surface area contributed by atoms with E-state index < -0.39 is 0 Å². The number of carbonyl (C=O) groups is 1. The summed E-state index contributed by atoms with van der Waals surface area (Å²) in [5.74, 6) is 2.19. The van der Waals surface area contributed by atoms with E-state index in [1.165, 1.54) is 0 Å². The number of halogens is 1. The Morgan fingerprint density at radius 1 is 1.32 bits per heavy atom. The third-order valence-electron chi connectivity index (χ3n) is 4.79. The molecule has 0 bridgehead atoms. The van der Waals surface area contributed by atoms with Gasteiger partial charge in [-0.05, 0) is 37.8 Å². The van der Waals surface area contributed by atoms with E-state index in [2.05, 4.69) is 15.3 Å². The molecule has 3 heterocycles. The standard InChI is InChI=1S/C16H23ClN4O/c1-10(2)15-19-9-13(17)14(20-15)16(22)21-5-3-11-7-18-8-12(11)4-6-21/h9-12,18H,3-8H2,1-2H3/t11-,12+. The first-order chi connectivity index (χ1) is 10.6. The molecule has 120 valence electrons. The molecular weight excluding hydrogens is 300 g/mol. The molecule has 1 N–H and O–H groups in total. The highest BCUT2D eigenvalue weighted by Gasteiger charge is 2.32. The Bertz CT molecular complexity index is 549. The second-order valence-electron chi connectivity index (χ2n) is 6.63. The molecule has 0 aliphatic carbocycles. The number of nitrogens with zero attached hydrogens (tertiary/aromatic N) is 3.